The summed E-state index contributed by atoms with van der Waals surface area (Å²) in [5.41, 5.74) is 14.1. The van der Waals surface area contributed by atoms with Gasteiger partial charge in [-0.2, -0.15) is 0 Å². The molecule has 4 fully saturated rings. The highest BCUT2D eigenvalue weighted by Crippen LogP contribution is 2.70. The second-order valence-electron chi connectivity index (χ2n) is 16.8. The van der Waals surface area contributed by atoms with E-state index in [0.717, 1.165) is 34.1 Å². The van der Waals surface area contributed by atoms with Crippen molar-refractivity contribution in [2.75, 3.05) is 0 Å². The third-order valence-corrected chi connectivity index (χ3v) is 13.9. The van der Waals surface area contributed by atoms with Crippen LogP contribution in [0.5, 0.6) is 0 Å². The summed E-state index contributed by atoms with van der Waals surface area (Å²) in [5.74, 6) is 5.27. The van der Waals surface area contributed by atoms with Crippen molar-refractivity contribution in [1.29, 1.82) is 0 Å². The first-order valence-electron chi connectivity index (χ1n) is 20.4. The number of nitrogens with zero attached hydrogens (tertiary/aromatic N) is 3. The molecule has 5 aliphatic rings. The molecule has 56 heavy (non-hydrogen) atoms. The maximum Gasteiger partial charge on any atom is 0.164 e. The molecule has 1 aromatic heterocycles. The number of hydrogen-bond donors (Lipinski definition) is 0. The zero-order valence-corrected chi connectivity index (χ0v) is 31.3. The van der Waals surface area contributed by atoms with E-state index in [-0.39, 0.29) is 5.41 Å². The molecule has 0 atom stereocenters. The first-order valence-corrected chi connectivity index (χ1v) is 20.4. The summed E-state index contributed by atoms with van der Waals surface area (Å²) < 4.78 is 0. The van der Waals surface area contributed by atoms with Crippen LogP contribution >= 0.6 is 0 Å². The van der Waals surface area contributed by atoms with Crippen LogP contribution in [0.25, 0.3) is 78.3 Å². The first kappa shape index (κ1) is 32.1. The van der Waals surface area contributed by atoms with Crippen molar-refractivity contribution < 1.29 is 0 Å². The minimum atomic E-state index is 0.0999. The standard InChI is InChI=1S/C53H41N3/c1-3-12-36(13-4-1)50-54-51(37-14-5-2-6-15-37)56-52(55-50)42-19-10-18-40(31-42)38-16-9-17-39(30-38)41-22-23-46-47-24-21-35-11-7-8-20-45(35)49(47)53(48(46)32-41)43-26-33-25-34(28-43)29-44(53)27-33/h1-24,30-34,43-44H,25-29H2. The van der Waals surface area contributed by atoms with Gasteiger partial charge in [0.2, 0.25) is 0 Å². The first-order chi connectivity index (χ1) is 27.7. The van der Waals surface area contributed by atoms with Crippen molar-refractivity contribution in [3.05, 3.63) is 175 Å². The van der Waals surface area contributed by atoms with Crippen molar-refractivity contribution in [2.24, 2.45) is 23.7 Å². The van der Waals surface area contributed by atoms with Gasteiger partial charge >= 0.3 is 0 Å². The summed E-state index contributed by atoms with van der Waals surface area (Å²) in [4.78, 5) is 14.9. The van der Waals surface area contributed by atoms with Gasteiger partial charge in [0.1, 0.15) is 0 Å². The topological polar surface area (TPSA) is 38.7 Å². The van der Waals surface area contributed by atoms with Crippen LogP contribution in [0.3, 0.4) is 0 Å². The monoisotopic (exact) mass is 719 g/mol. The Labute approximate surface area is 328 Å². The van der Waals surface area contributed by atoms with Gasteiger partial charge in [0.05, 0.1) is 0 Å². The second kappa shape index (κ2) is 12.4. The van der Waals surface area contributed by atoms with Crippen LogP contribution in [0.2, 0.25) is 0 Å². The van der Waals surface area contributed by atoms with E-state index in [1.165, 1.54) is 70.7 Å². The zero-order valence-electron chi connectivity index (χ0n) is 31.3. The van der Waals surface area contributed by atoms with Gasteiger partial charge in [-0.15, -0.1) is 0 Å². The van der Waals surface area contributed by atoms with Gasteiger partial charge in [0.15, 0.2) is 17.5 Å². The van der Waals surface area contributed by atoms with Crippen LogP contribution in [0.15, 0.2) is 164 Å². The molecule has 0 amide bonds. The molecule has 268 valence electrons. The fraction of sp³-hybridized carbons (Fsp3) is 0.189. The Hall–Kier alpha value is -6.19. The fourth-order valence-electron chi connectivity index (χ4n) is 11.8. The van der Waals surface area contributed by atoms with Crippen molar-refractivity contribution in [1.82, 2.24) is 15.0 Å². The maximum absolute atomic E-state index is 5.02. The van der Waals surface area contributed by atoms with Crippen LogP contribution in [0.4, 0.5) is 0 Å². The smallest absolute Gasteiger partial charge is 0.164 e. The minimum absolute atomic E-state index is 0.0999. The normalized spacial score (nSPS) is 22.7. The van der Waals surface area contributed by atoms with Gasteiger partial charge in [0.25, 0.3) is 0 Å². The zero-order chi connectivity index (χ0) is 36.8. The molecular weight excluding hydrogens is 679 g/mol. The lowest BCUT2D eigenvalue weighted by Crippen LogP contribution is -2.55. The molecule has 3 nitrogen and oxygen atoms in total. The lowest BCUT2D eigenvalue weighted by atomic mass is 9.43. The average molecular weight is 720 g/mol. The Morgan fingerprint density at radius 3 is 1.48 bits per heavy atom. The van der Waals surface area contributed by atoms with Crippen molar-refractivity contribution in [2.45, 2.75) is 37.5 Å². The van der Waals surface area contributed by atoms with E-state index in [1.54, 1.807) is 11.1 Å². The van der Waals surface area contributed by atoms with Gasteiger partial charge < -0.3 is 0 Å². The number of benzene rings is 7. The highest BCUT2D eigenvalue weighted by Gasteiger charge is 2.62. The van der Waals surface area contributed by atoms with Crippen LogP contribution in [0.1, 0.15) is 43.2 Å². The summed E-state index contributed by atoms with van der Waals surface area (Å²) in [6.45, 7) is 0. The molecule has 4 saturated carbocycles. The average Bonchev–Trinajstić information content (AvgIpc) is 3.56. The van der Waals surface area contributed by atoms with E-state index in [2.05, 4.69) is 127 Å². The summed E-state index contributed by atoms with van der Waals surface area (Å²) >= 11 is 0. The highest BCUT2D eigenvalue weighted by molar-refractivity contribution is 5.98. The molecule has 0 N–H and O–H groups in total. The molecule has 5 aliphatic carbocycles. The Balaban J connectivity index is 0.957. The van der Waals surface area contributed by atoms with E-state index in [1.807, 2.05) is 36.4 Å². The Kier molecular flexibility index (Phi) is 7.11. The number of fused-ring (bicyclic) bond motifs is 5. The minimum Gasteiger partial charge on any atom is -0.208 e. The van der Waals surface area contributed by atoms with Crippen LogP contribution in [0, 0.1) is 23.7 Å². The molecule has 0 radical (unpaired) electrons. The Morgan fingerprint density at radius 2 is 0.857 bits per heavy atom. The van der Waals surface area contributed by atoms with Crippen molar-refractivity contribution in [3.8, 4) is 67.5 Å². The molecule has 0 saturated heterocycles. The van der Waals surface area contributed by atoms with Crippen LogP contribution in [-0.4, -0.2) is 15.0 Å². The Morgan fingerprint density at radius 1 is 0.375 bits per heavy atom. The van der Waals surface area contributed by atoms with E-state index in [9.17, 15) is 0 Å². The third kappa shape index (κ3) is 4.86. The van der Waals surface area contributed by atoms with Gasteiger partial charge in [-0.1, -0.05) is 146 Å². The summed E-state index contributed by atoms with van der Waals surface area (Å²) in [5, 5.41) is 2.86. The molecule has 3 heteroatoms. The predicted molar refractivity (Wildman–Crippen MR) is 228 cm³/mol. The molecule has 13 rings (SSSR count). The van der Waals surface area contributed by atoms with Crippen molar-refractivity contribution >= 4 is 10.8 Å². The van der Waals surface area contributed by atoms with E-state index in [0.29, 0.717) is 29.3 Å². The number of hydrogen-bond acceptors (Lipinski definition) is 3. The number of aromatic nitrogens is 3. The molecule has 0 unspecified atom stereocenters. The predicted octanol–water partition coefficient (Wildman–Crippen LogP) is 13.1. The summed E-state index contributed by atoms with van der Waals surface area (Å²) in [6, 6.07) is 59.6. The molecule has 0 aliphatic heterocycles. The van der Waals surface area contributed by atoms with Crippen LogP contribution in [-0.2, 0) is 5.41 Å². The lowest BCUT2D eigenvalue weighted by molar-refractivity contribution is -0.0393. The van der Waals surface area contributed by atoms with Gasteiger partial charge in [-0.05, 0) is 129 Å². The van der Waals surface area contributed by atoms with Crippen LogP contribution < -0.4 is 0 Å². The third-order valence-electron chi connectivity index (χ3n) is 13.9. The second-order valence-corrected chi connectivity index (χ2v) is 16.8. The van der Waals surface area contributed by atoms with E-state index < -0.39 is 0 Å². The number of rotatable bonds is 5. The molecule has 1 heterocycles. The maximum atomic E-state index is 5.02. The van der Waals surface area contributed by atoms with Gasteiger partial charge in [-0.3, -0.25) is 0 Å². The van der Waals surface area contributed by atoms with Crippen molar-refractivity contribution in [3.63, 3.8) is 0 Å². The lowest BCUT2D eigenvalue weighted by Gasteiger charge is -2.61. The van der Waals surface area contributed by atoms with E-state index >= 15 is 0 Å². The highest BCUT2D eigenvalue weighted by atomic mass is 15.0. The largest absolute Gasteiger partial charge is 0.208 e. The SMILES string of the molecule is c1ccc(-c2nc(-c3ccccc3)nc(-c3cccc(-c4cccc(-c5ccc6c(c5)C5(c7c-6ccc6ccccc76)C6CC7CC(C6)CC5C7)c4)c3)n2)cc1. The Bertz CT molecular complexity index is 2740. The molecule has 4 bridgehead atoms. The molecule has 1 spiro atoms. The quantitative estimate of drug-likeness (QED) is 0.178. The molecular formula is C53H41N3. The van der Waals surface area contributed by atoms with Gasteiger partial charge in [-0.25, -0.2) is 15.0 Å². The summed E-state index contributed by atoms with van der Waals surface area (Å²) in [7, 11) is 0. The molecule has 8 aromatic rings. The van der Waals surface area contributed by atoms with E-state index in [4.69, 9.17) is 15.0 Å². The fourth-order valence-corrected chi connectivity index (χ4v) is 11.8. The molecule has 7 aromatic carbocycles. The van der Waals surface area contributed by atoms with Gasteiger partial charge in [0, 0.05) is 22.1 Å². The summed E-state index contributed by atoms with van der Waals surface area (Å²) in [6.07, 6.45) is 6.98.